The Morgan fingerprint density at radius 1 is 1.20 bits per heavy atom. The first-order valence-electron chi connectivity index (χ1n) is 7.91. The summed E-state index contributed by atoms with van der Waals surface area (Å²) in [7, 11) is 0. The molecule has 2 rings (SSSR count). The first-order valence-corrected chi connectivity index (χ1v) is 7.91. The van der Waals surface area contributed by atoms with E-state index in [0.717, 1.165) is 6.61 Å². The molecule has 0 aliphatic heterocycles. The lowest BCUT2D eigenvalue weighted by atomic mass is 9.76. The predicted molar refractivity (Wildman–Crippen MR) is 84.7 cm³/mol. The third-order valence-electron chi connectivity index (χ3n) is 4.67. The van der Waals surface area contributed by atoms with Crippen LogP contribution in [0.25, 0.3) is 0 Å². The Balaban J connectivity index is 1.80. The van der Waals surface area contributed by atoms with E-state index in [1.54, 1.807) is 0 Å². The summed E-state index contributed by atoms with van der Waals surface area (Å²) in [6.07, 6.45) is 5.42. The lowest BCUT2D eigenvalue weighted by molar-refractivity contribution is -0.00559. The van der Waals surface area contributed by atoms with Crippen molar-refractivity contribution >= 4 is 0 Å². The molecule has 0 amide bonds. The van der Waals surface area contributed by atoms with E-state index in [4.69, 9.17) is 10.5 Å². The van der Waals surface area contributed by atoms with Gasteiger partial charge in [-0.25, -0.2) is 0 Å². The number of hydrogen-bond acceptors (Lipinski definition) is 2. The topological polar surface area (TPSA) is 35.2 Å². The Bertz CT molecular complexity index is 400. The maximum Gasteiger partial charge on any atom is 0.0720 e. The van der Waals surface area contributed by atoms with Gasteiger partial charge in [0.15, 0.2) is 0 Å². The second-order valence-corrected chi connectivity index (χ2v) is 7.05. The van der Waals surface area contributed by atoms with Gasteiger partial charge in [-0.15, -0.1) is 0 Å². The molecule has 0 saturated heterocycles. The van der Waals surface area contributed by atoms with E-state index in [2.05, 4.69) is 45.0 Å². The van der Waals surface area contributed by atoms with Gasteiger partial charge >= 0.3 is 0 Å². The number of hydrogen-bond donors (Lipinski definition) is 1. The second kappa shape index (κ2) is 6.73. The summed E-state index contributed by atoms with van der Waals surface area (Å²) in [5.74, 6) is 0.436. The predicted octanol–water partition coefficient (Wildman–Crippen LogP) is 4.23. The Morgan fingerprint density at radius 3 is 2.35 bits per heavy atom. The maximum absolute atomic E-state index is 6.06. The minimum Gasteiger partial charge on any atom is -0.374 e. The van der Waals surface area contributed by atoms with E-state index < -0.39 is 0 Å². The largest absolute Gasteiger partial charge is 0.374 e. The summed E-state index contributed by atoms with van der Waals surface area (Å²) in [4.78, 5) is 0. The highest BCUT2D eigenvalue weighted by atomic mass is 16.5. The molecule has 20 heavy (non-hydrogen) atoms. The molecular formula is C18H29NO. The summed E-state index contributed by atoms with van der Waals surface area (Å²) < 4.78 is 6.06. The highest BCUT2D eigenvalue weighted by Crippen LogP contribution is 2.36. The maximum atomic E-state index is 6.06. The number of nitrogens with two attached hydrogens (primary N) is 1. The molecule has 0 radical (unpaired) electrons. The molecule has 1 saturated carbocycles. The SMILES string of the molecule is CC(CN)c1ccc(COC2CCC(C)(C)CC2)cc1. The molecule has 0 heterocycles. The first kappa shape index (κ1) is 15.5. The van der Waals surface area contributed by atoms with Crippen LogP contribution in [0.15, 0.2) is 24.3 Å². The van der Waals surface area contributed by atoms with Gasteiger partial charge in [0, 0.05) is 0 Å². The quantitative estimate of drug-likeness (QED) is 0.872. The molecule has 1 aromatic carbocycles. The zero-order valence-corrected chi connectivity index (χ0v) is 13.2. The molecule has 1 aromatic rings. The summed E-state index contributed by atoms with van der Waals surface area (Å²) in [6.45, 7) is 8.33. The molecular weight excluding hydrogens is 246 g/mol. The molecule has 1 aliphatic rings. The van der Waals surface area contributed by atoms with E-state index in [1.807, 2.05) is 0 Å². The zero-order valence-electron chi connectivity index (χ0n) is 13.2. The normalized spacial score (nSPS) is 20.8. The van der Waals surface area contributed by atoms with Crippen LogP contribution in [0.3, 0.4) is 0 Å². The van der Waals surface area contributed by atoms with Gasteiger partial charge in [-0.2, -0.15) is 0 Å². The molecule has 1 atom stereocenters. The molecule has 2 heteroatoms. The average Bonchev–Trinajstić information content (AvgIpc) is 2.46. The minimum atomic E-state index is 0.436. The van der Waals surface area contributed by atoms with Crippen molar-refractivity contribution in [1.29, 1.82) is 0 Å². The van der Waals surface area contributed by atoms with Crippen molar-refractivity contribution in [1.82, 2.24) is 0 Å². The summed E-state index contributed by atoms with van der Waals surface area (Å²) in [5, 5.41) is 0. The summed E-state index contributed by atoms with van der Waals surface area (Å²) in [6, 6.07) is 8.71. The zero-order chi connectivity index (χ0) is 14.6. The Hall–Kier alpha value is -0.860. The van der Waals surface area contributed by atoms with Crippen LogP contribution in [-0.4, -0.2) is 12.6 Å². The van der Waals surface area contributed by atoms with Crippen LogP contribution in [-0.2, 0) is 11.3 Å². The Morgan fingerprint density at radius 2 is 1.80 bits per heavy atom. The third-order valence-corrected chi connectivity index (χ3v) is 4.67. The van der Waals surface area contributed by atoms with E-state index in [1.165, 1.54) is 36.8 Å². The minimum absolute atomic E-state index is 0.436. The van der Waals surface area contributed by atoms with E-state index in [-0.39, 0.29) is 0 Å². The van der Waals surface area contributed by atoms with Crippen LogP contribution >= 0.6 is 0 Å². The van der Waals surface area contributed by atoms with Gasteiger partial charge in [0.1, 0.15) is 0 Å². The van der Waals surface area contributed by atoms with Crippen molar-refractivity contribution in [2.75, 3.05) is 6.54 Å². The molecule has 2 nitrogen and oxygen atoms in total. The monoisotopic (exact) mass is 275 g/mol. The smallest absolute Gasteiger partial charge is 0.0720 e. The van der Waals surface area contributed by atoms with Crippen molar-refractivity contribution in [2.45, 2.75) is 65.1 Å². The number of ether oxygens (including phenoxy) is 1. The third kappa shape index (κ3) is 4.32. The van der Waals surface area contributed by atoms with Crippen molar-refractivity contribution in [3.05, 3.63) is 35.4 Å². The Kier molecular flexibility index (Phi) is 5.22. The van der Waals surface area contributed by atoms with Gasteiger partial charge < -0.3 is 10.5 Å². The highest BCUT2D eigenvalue weighted by molar-refractivity contribution is 5.24. The molecule has 2 N–H and O–H groups in total. The van der Waals surface area contributed by atoms with Gasteiger partial charge in [-0.1, -0.05) is 45.0 Å². The first-order chi connectivity index (χ1) is 9.50. The average molecular weight is 275 g/mol. The Labute approximate surface area is 123 Å². The summed E-state index contributed by atoms with van der Waals surface area (Å²) >= 11 is 0. The molecule has 112 valence electrons. The van der Waals surface area contributed by atoms with Crippen LogP contribution in [0.5, 0.6) is 0 Å². The van der Waals surface area contributed by atoms with Gasteiger partial charge in [0.05, 0.1) is 12.7 Å². The van der Waals surface area contributed by atoms with Crippen molar-refractivity contribution in [3.63, 3.8) is 0 Å². The van der Waals surface area contributed by atoms with Crippen LogP contribution in [0.4, 0.5) is 0 Å². The van der Waals surface area contributed by atoms with Crippen molar-refractivity contribution in [2.24, 2.45) is 11.1 Å². The molecule has 0 bridgehead atoms. The lowest BCUT2D eigenvalue weighted by Crippen LogP contribution is -2.26. The van der Waals surface area contributed by atoms with E-state index in [0.29, 0.717) is 24.0 Å². The standard InChI is InChI=1S/C18H29NO/c1-14(12-19)16-6-4-15(5-7-16)13-20-17-8-10-18(2,3)11-9-17/h4-7,14,17H,8-13,19H2,1-3H3. The molecule has 1 unspecified atom stereocenters. The fourth-order valence-electron chi connectivity index (χ4n) is 2.83. The van der Waals surface area contributed by atoms with Gasteiger partial charge in [0.2, 0.25) is 0 Å². The van der Waals surface area contributed by atoms with Crippen LogP contribution in [0.1, 0.15) is 63.5 Å². The van der Waals surface area contributed by atoms with Crippen molar-refractivity contribution in [3.8, 4) is 0 Å². The summed E-state index contributed by atoms with van der Waals surface area (Å²) in [5.41, 5.74) is 8.79. The fourth-order valence-corrected chi connectivity index (χ4v) is 2.83. The van der Waals surface area contributed by atoms with E-state index >= 15 is 0 Å². The molecule has 1 fully saturated rings. The van der Waals surface area contributed by atoms with Gasteiger partial charge in [0.25, 0.3) is 0 Å². The van der Waals surface area contributed by atoms with Gasteiger partial charge in [-0.3, -0.25) is 0 Å². The number of rotatable bonds is 5. The van der Waals surface area contributed by atoms with Crippen LogP contribution < -0.4 is 5.73 Å². The highest BCUT2D eigenvalue weighted by Gasteiger charge is 2.27. The lowest BCUT2D eigenvalue weighted by Gasteiger charge is -2.34. The van der Waals surface area contributed by atoms with Crippen LogP contribution in [0.2, 0.25) is 0 Å². The van der Waals surface area contributed by atoms with E-state index in [9.17, 15) is 0 Å². The number of benzene rings is 1. The second-order valence-electron chi connectivity index (χ2n) is 7.05. The van der Waals surface area contributed by atoms with Crippen molar-refractivity contribution < 1.29 is 4.74 Å². The molecule has 0 spiro atoms. The molecule has 0 aromatic heterocycles. The fraction of sp³-hybridized carbons (Fsp3) is 0.667. The van der Waals surface area contributed by atoms with Crippen LogP contribution in [0, 0.1) is 5.41 Å². The van der Waals surface area contributed by atoms with Gasteiger partial charge in [-0.05, 0) is 54.7 Å². The molecule has 1 aliphatic carbocycles.